The molecule has 0 radical (unpaired) electrons. The highest BCUT2D eigenvalue weighted by Crippen LogP contribution is 2.45. The Labute approximate surface area is 448 Å². The van der Waals surface area contributed by atoms with Crippen LogP contribution < -0.4 is 26.0 Å². The average molecular weight is 1040 g/mol. The number of likely N-dealkylation sites (tertiary alicyclic amines) is 2. The molecule has 398 valence electrons. The number of carbonyl (C=O) groups is 6. The van der Waals surface area contributed by atoms with Gasteiger partial charge in [0, 0.05) is 79.6 Å². The van der Waals surface area contributed by atoms with Gasteiger partial charge >= 0.3 is 6.15 Å². The van der Waals surface area contributed by atoms with Crippen molar-refractivity contribution in [1.82, 2.24) is 31.1 Å². The Balaban J connectivity index is 0.00000219. The molecule has 1 unspecified atom stereocenters. The minimum atomic E-state index is -0.788. The summed E-state index contributed by atoms with van der Waals surface area (Å²) in [6.07, 6.45) is 3.45. The molecular formula is C62H66N6O9. The molecule has 2 saturated heterocycles. The zero-order valence-electron chi connectivity index (χ0n) is 43.6. The second-order valence-electron chi connectivity index (χ2n) is 23.0. The molecule has 4 aliphatic carbocycles. The van der Waals surface area contributed by atoms with Crippen LogP contribution in [0.3, 0.4) is 0 Å². The normalized spacial score (nSPS) is 27.4. The molecule has 0 bridgehead atoms. The number of nitrogens with one attached hydrogen (secondary N) is 4. The summed E-state index contributed by atoms with van der Waals surface area (Å²) in [6, 6.07) is 44.7. The molecule has 15 heteroatoms. The van der Waals surface area contributed by atoms with Crippen molar-refractivity contribution in [3.63, 3.8) is 0 Å². The van der Waals surface area contributed by atoms with E-state index in [4.69, 9.17) is 14.3 Å². The van der Waals surface area contributed by atoms with Crippen molar-refractivity contribution in [2.24, 2.45) is 29.1 Å². The SMILES string of the molecule is CC(C)(C)COc1cc(C(=O)N2C[C@@H](C(=O)N[C@H]3C[C@@H]3c3ccccc3)[C@H](C(=O)N[C@H]3C[C@@H]3c3ccccc3)C2)ccc1C(=O)N1C[C@@H](C(=O)N[C@H]2CC2c2ccccc2)[C@H](C(=O)N[C@H]2C[C@@H]2c2ccccc2)C1.O=C=O. The summed E-state index contributed by atoms with van der Waals surface area (Å²) < 4.78 is 6.42. The van der Waals surface area contributed by atoms with Gasteiger partial charge in [-0.25, -0.2) is 0 Å². The average Bonchev–Trinajstić information content (AvgIpc) is 4.39. The highest BCUT2D eigenvalue weighted by Gasteiger charge is 2.51. The lowest BCUT2D eigenvalue weighted by molar-refractivity contribution is -0.191. The largest absolute Gasteiger partial charge is 0.492 e. The molecule has 6 fully saturated rings. The topological polar surface area (TPSA) is 200 Å². The van der Waals surface area contributed by atoms with Crippen molar-refractivity contribution in [3.05, 3.63) is 173 Å². The van der Waals surface area contributed by atoms with Crippen molar-refractivity contribution in [1.29, 1.82) is 0 Å². The number of nitrogens with zero attached hydrogens (tertiary/aromatic N) is 2. The van der Waals surface area contributed by atoms with Crippen LogP contribution in [0.25, 0.3) is 0 Å². The van der Waals surface area contributed by atoms with Crippen LogP contribution in [0.4, 0.5) is 0 Å². The molecule has 77 heavy (non-hydrogen) atoms. The molecule has 5 aromatic rings. The summed E-state index contributed by atoms with van der Waals surface area (Å²) in [7, 11) is 0. The van der Waals surface area contributed by atoms with Crippen molar-refractivity contribution in [2.75, 3.05) is 32.8 Å². The second-order valence-corrected chi connectivity index (χ2v) is 23.0. The van der Waals surface area contributed by atoms with Gasteiger partial charge in [-0.3, -0.25) is 28.8 Å². The van der Waals surface area contributed by atoms with Crippen LogP contribution >= 0.6 is 0 Å². The Morgan fingerprint density at radius 1 is 0.468 bits per heavy atom. The predicted molar refractivity (Wildman–Crippen MR) is 285 cm³/mol. The van der Waals surface area contributed by atoms with Crippen LogP contribution in [-0.4, -0.2) is 108 Å². The van der Waals surface area contributed by atoms with Gasteiger partial charge in [-0.15, -0.1) is 0 Å². The summed E-state index contributed by atoms with van der Waals surface area (Å²) in [5, 5.41) is 12.9. The van der Waals surface area contributed by atoms with Crippen LogP contribution in [0.5, 0.6) is 5.75 Å². The number of hydrogen-bond donors (Lipinski definition) is 4. The monoisotopic (exact) mass is 1040 g/mol. The molecule has 0 aromatic heterocycles. The minimum Gasteiger partial charge on any atom is -0.492 e. The number of carbonyl (C=O) groups excluding carboxylic acids is 8. The van der Waals surface area contributed by atoms with Crippen molar-refractivity contribution >= 4 is 41.6 Å². The van der Waals surface area contributed by atoms with Gasteiger partial charge in [0.05, 0.1) is 35.8 Å². The smallest absolute Gasteiger partial charge is 0.373 e. The quantitative estimate of drug-likeness (QED) is 0.0842. The Morgan fingerprint density at radius 2 is 0.766 bits per heavy atom. The molecule has 4 saturated carbocycles. The standard InChI is InChI=1S/C61H66N6O7.CO2/c1-61(2,3)35-74-54-26-40(59(72)66-31-46(55(68)62-50-27-42(50)36-16-8-4-9-17-36)47(32-66)56(69)63-51-28-43(51)37-18-10-5-11-19-37)24-25-41(54)60(73)67-33-48(57(70)64-52-29-44(52)38-20-12-6-13-21-38)49(34-67)58(71)65-53-30-45(53)39-22-14-7-15-23-39;2-1-3/h4-26,42-53H,27-35H2,1-3H3,(H,62,68)(H,63,69)(H,64,70)(H,65,71);/t42-,43-,44-,45?,46-,47-,48-,49-,50+,51+,52+,53+;/m1./s1. The van der Waals surface area contributed by atoms with Gasteiger partial charge < -0.3 is 35.8 Å². The Kier molecular flexibility index (Phi) is 15.3. The third-order valence-electron chi connectivity index (χ3n) is 16.1. The molecule has 12 atom stereocenters. The van der Waals surface area contributed by atoms with Crippen LogP contribution in [0.1, 0.15) is 113 Å². The van der Waals surface area contributed by atoms with Gasteiger partial charge in [-0.1, -0.05) is 142 Å². The third-order valence-corrected chi connectivity index (χ3v) is 16.1. The minimum absolute atomic E-state index is 0.0260. The van der Waals surface area contributed by atoms with Gasteiger partial charge in [-0.2, -0.15) is 9.59 Å². The lowest BCUT2D eigenvalue weighted by Gasteiger charge is -2.23. The van der Waals surface area contributed by atoms with Crippen LogP contribution in [0.15, 0.2) is 140 Å². The summed E-state index contributed by atoms with van der Waals surface area (Å²) in [5.74, 6) is -4.00. The lowest BCUT2D eigenvalue weighted by atomic mass is 9.94. The van der Waals surface area contributed by atoms with E-state index in [0.717, 1.165) is 47.9 Å². The van der Waals surface area contributed by atoms with E-state index in [9.17, 15) is 28.8 Å². The van der Waals surface area contributed by atoms with E-state index < -0.39 is 35.5 Å². The van der Waals surface area contributed by atoms with Crippen molar-refractivity contribution < 1.29 is 43.1 Å². The first kappa shape index (κ1) is 52.5. The Morgan fingerprint density at radius 3 is 1.06 bits per heavy atom. The van der Waals surface area contributed by atoms with E-state index >= 15 is 0 Å². The number of amides is 6. The van der Waals surface area contributed by atoms with Gasteiger partial charge in [0.1, 0.15) is 5.75 Å². The maximum absolute atomic E-state index is 14.9. The molecule has 0 spiro atoms. The maximum atomic E-state index is 14.9. The Bertz CT molecular complexity index is 2870. The molecule has 6 amide bonds. The zero-order chi connectivity index (χ0) is 54.0. The van der Waals surface area contributed by atoms with E-state index in [-0.39, 0.29) is 133 Å². The van der Waals surface area contributed by atoms with E-state index in [1.54, 1.807) is 28.0 Å². The lowest BCUT2D eigenvalue weighted by Crippen LogP contribution is -2.43. The molecule has 5 aromatic carbocycles. The summed E-state index contributed by atoms with van der Waals surface area (Å²) in [6.45, 7) is 6.38. The summed E-state index contributed by atoms with van der Waals surface area (Å²) in [5.41, 5.74) is 4.73. The molecule has 4 N–H and O–H groups in total. The molecule has 15 nitrogen and oxygen atoms in total. The zero-order valence-corrected chi connectivity index (χ0v) is 43.6. The van der Waals surface area contributed by atoms with Crippen LogP contribution in [0, 0.1) is 29.1 Å². The third kappa shape index (κ3) is 12.4. The van der Waals surface area contributed by atoms with E-state index in [1.165, 1.54) is 0 Å². The fraction of sp³-hybridized carbons (Fsp3) is 0.403. The molecule has 2 aliphatic heterocycles. The summed E-state index contributed by atoms with van der Waals surface area (Å²) in [4.78, 5) is 106. The molecular weight excluding hydrogens is 973 g/mol. The van der Waals surface area contributed by atoms with Gasteiger partial charge in [0.15, 0.2) is 0 Å². The number of hydrogen-bond acceptors (Lipinski definition) is 9. The summed E-state index contributed by atoms with van der Waals surface area (Å²) >= 11 is 0. The van der Waals surface area contributed by atoms with Gasteiger partial charge in [-0.05, 0) is 71.6 Å². The van der Waals surface area contributed by atoms with E-state index in [1.807, 2.05) is 93.6 Å². The Hall–Kier alpha value is -7.90. The second kappa shape index (κ2) is 22.4. The van der Waals surface area contributed by atoms with Crippen LogP contribution in [0.2, 0.25) is 0 Å². The number of rotatable bonds is 16. The predicted octanol–water partition coefficient (Wildman–Crippen LogP) is 6.59. The molecule has 2 heterocycles. The van der Waals surface area contributed by atoms with E-state index in [0.29, 0.717) is 0 Å². The molecule has 6 aliphatic rings. The molecule has 11 rings (SSSR count). The van der Waals surface area contributed by atoms with Crippen LogP contribution in [-0.2, 0) is 28.8 Å². The fourth-order valence-electron chi connectivity index (χ4n) is 11.5. The van der Waals surface area contributed by atoms with E-state index in [2.05, 4.69) is 69.8 Å². The first-order valence-corrected chi connectivity index (χ1v) is 26.9. The highest BCUT2D eigenvalue weighted by atomic mass is 16.5. The highest BCUT2D eigenvalue weighted by molar-refractivity contribution is 6.02. The van der Waals surface area contributed by atoms with Crippen molar-refractivity contribution in [2.45, 2.75) is 94.3 Å². The van der Waals surface area contributed by atoms with Gasteiger partial charge in [0.2, 0.25) is 23.6 Å². The maximum Gasteiger partial charge on any atom is 0.373 e. The first-order chi connectivity index (χ1) is 37.2. The fourth-order valence-corrected chi connectivity index (χ4v) is 11.5. The number of ether oxygens (including phenoxy) is 1. The van der Waals surface area contributed by atoms with Gasteiger partial charge in [0.25, 0.3) is 11.8 Å². The first-order valence-electron chi connectivity index (χ1n) is 26.9. The van der Waals surface area contributed by atoms with Crippen molar-refractivity contribution in [3.8, 4) is 5.75 Å². The number of benzene rings is 5.